The molecule has 2 aliphatic carbocycles. The van der Waals surface area contributed by atoms with E-state index in [2.05, 4.69) is 16.4 Å². The van der Waals surface area contributed by atoms with Crippen molar-refractivity contribution in [2.75, 3.05) is 5.32 Å². The number of nitrogens with one attached hydrogen (secondary N) is 1. The summed E-state index contributed by atoms with van der Waals surface area (Å²) in [6.07, 6.45) is 3.97. The fourth-order valence-electron chi connectivity index (χ4n) is 5.56. The van der Waals surface area contributed by atoms with Gasteiger partial charge in [0.2, 0.25) is 6.29 Å². The summed E-state index contributed by atoms with van der Waals surface area (Å²) in [5, 5.41) is 13.6. The van der Waals surface area contributed by atoms with Crippen LogP contribution >= 0.6 is 11.6 Å². The number of carboxylic acids is 1. The number of nitrogens with zero attached hydrogens (tertiary/aromatic N) is 1. The minimum atomic E-state index is -0.872. The highest BCUT2D eigenvalue weighted by molar-refractivity contribution is 6.30. The van der Waals surface area contributed by atoms with Gasteiger partial charge in [-0.25, -0.2) is 4.98 Å². The first kappa shape index (κ1) is 26.5. The maximum atomic E-state index is 13.0. The quantitative estimate of drug-likeness (QED) is 0.221. The second-order valence-corrected chi connectivity index (χ2v) is 11.7. The van der Waals surface area contributed by atoms with Crippen molar-refractivity contribution in [1.82, 2.24) is 4.98 Å². The topological polar surface area (TPSA) is 97.8 Å². The average molecular weight is 581 g/mol. The van der Waals surface area contributed by atoms with Crippen LogP contribution in [0.1, 0.15) is 76.9 Å². The maximum absolute atomic E-state index is 13.0. The third-order valence-corrected chi connectivity index (χ3v) is 8.35. The van der Waals surface area contributed by atoms with Crippen molar-refractivity contribution in [3.63, 3.8) is 0 Å². The fourth-order valence-corrected chi connectivity index (χ4v) is 5.69. The Morgan fingerprint density at radius 2 is 1.62 bits per heavy atom. The number of pyridine rings is 1. The van der Waals surface area contributed by atoms with Gasteiger partial charge < -0.3 is 19.9 Å². The molecule has 2 N–H and O–H groups in total. The third kappa shape index (κ3) is 5.57. The van der Waals surface area contributed by atoms with Gasteiger partial charge in [0.1, 0.15) is 17.3 Å². The molecule has 4 aromatic rings. The van der Waals surface area contributed by atoms with E-state index in [0.717, 1.165) is 48.1 Å². The number of hydrogen-bond donors (Lipinski definition) is 2. The Morgan fingerprint density at radius 3 is 2.31 bits per heavy atom. The number of carboxylic acid groups (broad SMARTS) is 1. The molecule has 212 valence electrons. The van der Waals surface area contributed by atoms with E-state index < -0.39 is 18.2 Å². The maximum Gasteiger partial charge on any atom is 0.311 e. The van der Waals surface area contributed by atoms with Crippen LogP contribution < -0.4 is 14.8 Å². The number of carbonyl (C=O) groups is 2. The lowest BCUT2D eigenvalue weighted by Crippen LogP contribution is -2.34. The van der Waals surface area contributed by atoms with Gasteiger partial charge >= 0.3 is 5.97 Å². The summed E-state index contributed by atoms with van der Waals surface area (Å²) in [5.74, 6) is 0.679. The molecule has 2 heterocycles. The highest BCUT2D eigenvalue weighted by Crippen LogP contribution is 2.52. The molecule has 0 saturated heterocycles. The van der Waals surface area contributed by atoms with E-state index in [1.807, 2.05) is 30.3 Å². The molecule has 1 amide bonds. The Balaban J connectivity index is 1.05. The number of carbonyl (C=O) groups excluding carboxylic acids is 1. The SMILES string of the molecule is O=C(Nc1cccc(-c2ccc(Cl)cc2)n1)c1ccc(OC2CC(C(=O)O)c3cc(C4CC4)cc(C4CC4)c3O2)cc1. The van der Waals surface area contributed by atoms with Crippen LogP contribution in [0.15, 0.2) is 78.9 Å². The second kappa shape index (κ2) is 10.8. The minimum absolute atomic E-state index is 0.207. The van der Waals surface area contributed by atoms with Crippen molar-refractivity contribution >= 4 is 29.3 Å². The van der Waals surface area contributed by atoms with Gasteiger partial charge in [0.25, 0.3) is 5.91 Å². The fraction of sp³-hybridized carbons (Fsp3) is 0.265. The Kier molecular flexibility index (Phi) is 6.82. The number of fused-ring (bicyclic) bond motifs is 1. The monoisotopic (exact) mass is 580 g/mol. The molecule has 1 aromatic heterocycles. The van der Waals surface area contributed by atoms with Gasteiger partial charge in [-0.05, 0) is 97.2 Å². The summed E-state index contributed by atoms with van der Waals surface area (Å²) >= 11 is 5.99. The number of rotatable bonds is 8. The molecule has 3 aliphatic rings. The van der Waals surface area contributed by atoms with Crippen molar-refractivity contribution in [2.45, 2.75) is 56.1 Å². The van der Waals surface area contributed by atoms with Gasteiger partial charge in [-0.2, -0.15) is 0 Å². The van der Waals surface area contributed by atoms with Crippen LogP contribution in [0.3, 0.4) is 0 Å². The Labute approximate surface area is 248 Å². The number of hydrogen-bond acceptors (Lipinski definition) is 5. The lowest BCUT2D eigenvalue weighted by molar-refractivity contribution is -0.141. The van der Waals surface area contributed by atoms with Crippen LogP contribution in [0.2, 0.25) is 5.02 Å². The van der Waals surface area contributed by atoms with E-state index in [9.17, 15) is 14.7 Å². The first-order valence-electron chi connectivity index (χ1n) is 14.3. The van der Waals surface area contributed by atoms with Crippen LogP contribution in [-0.2, 0) is 4.79 Å². The summed E-state index contributed by atoms with van der Waals surface area (Å²) in [5.41, 5.74) is 5.18. The second-order valence-electron chi connectivity index (χ2n) is 11.3. The van der Waals surface area contributed by atoms with E-state index in [-0.39, 0.29) is 12.3 Å². The summed E-state index contributed by atoms with van der Waals surface area (Å²) in [4.78, 5) is 29.8. The molecular weight excluding hydrogens is 552 g/mol. The number of halogens is 1. The lowest BCUT2D eigenvalue weighted by atomic mass is 9.87. The number of benzene rings is 3. The van der Waals surface area contributed by atoms with Gasteiger partial charge in [0, 0.05) is 28.1 Å². The molecule has 2 atom stereocenters. The third-order valence-electron chi connectivity index (χ3n) is 8.10. The Hall–Kier alpha value is -4.36. The summed E-state index contributed by atoms with van der Waals surface area (Å²) in [6, 6.07) is 23.8. The van der Waals surface area contributed by atoms with Crippen LogP contribution in [0.25, 0.3) is 11.3 Å². The van der Waals surface area contributed by atoms with E-state index in [1.54, 1.807) is 42.5 Å². The normalized spacial score (nSPS) is 19.4. The van der Waals surface area contributed by atoms with Crippen molar-refractivity contribution in [3.8, 4) is 22.8 Å². The smallest absolute Gasteiger partial charge is 0.311 e. The Morgan fingerprint density at radius 1 is 0.905 bits per heavy atom. The average Bonchev–Trinajstić information content (AvgIpc) is 3.91. The zero-order valence-electron chi connectivity index (χ0n) is 22.8. The van der Waals surface area contributed by atoms with Gasteiger partial charge in [0.15, 0.2) is 0 Å². The van der Waals surface area contributed by atoms with E-state index in [4.69, 9.17) is 21.1 Å². The van der Waals surface area contributed by atoms with Gasteiger partial charge in [-0.1, -0.05) is 41.9 Å². The summed E-state index contributed by atoms with van der Waals surface area (Å²) in [6.45, 7) is 0. The molecule has 1 aliphatic heterocycles. The molecule has 7 rings (SSSR count). The number of amides is 1. The molecule has 8 heteroatoms. The highest BCUT2D eigenvalue weighted by atomic mass is 35.5. The standard InChI is InChI=1S/C34H29ClN2O5/c35-24-12-8-21(9-13-24)29-2-1-3-30(36-29)37-33(38)22-10-14-25(15-11-22)41-31-18-28(34(39)40)27-17-23(19-4-5-19)16-26(20-6-7-20)32(27)42-31/h1-3,8-17,19-20,28,31H,4-7,18H2,(H,39,40)(H,36,37,38). The van der Waals surface area contributed by atoms with E-state index in [1.165, 1.54) is 5.56 Å². The Bertz CT molecular complexity index is 1660. The van der Waals surface area contributed by atoms with Crippen molar-refractivity contribution < 1.29 is 24.2 Å². The van der Waals surface area contributed by atoms with E-state index >= 15 is 0 Å². The predicted molar refractivity (Wildman–Crippen MR) is 160 cm³/mol. The number of aromatic nitrogens is 1. The summed E-state index contributed by atoms with van der Waals surface area (Å²) < 4.78 is 12.5. The molecule has 0 bridgehead atoms. The first-order valence-corrected chi connectivity index (χ1v) is 14.7. The molecule has 7 nitrogen and oxygen atoms in total. The molecule has 2 unspecified atom stereocenters. The number of ether oxygens (including phenoxy) is 2. The first-order chi connectivity index (χ1) is 20.4. The van der Waals surface area contributed by atoms with Gasteiger partial charge in [-0.3, -0.25) is 9.59 Å². The molecular formula is C34H29ClN2O5. The van der Waals surface area contributed by atoms with Crippen LogP contribution in [0, 0.1) is 0 Å². The molecule has 0 radical (unpaired) electrons. The molecule has 42 heavy (non-hydrogen) atoms. The summed E-state index contributed by atoms with van der Waals surface area (Å²) in [7, 11) is 0. The zero-order chi connectivity index (χ0) is 28.8. The molecule has 2 saturated carbocycles. The van der Waals surface area contributed by atoms with Gasteiger partial charge in [-0.15, -0.1) is 0 Å². The van der Waals surface area contributed by atoms with Crippen molar-refractivity contribution in [2.24, 2.45) is 0 Å². The number of anilines is 1. The zero-order valence-corrected chi connectivity index (χ0v) is 23.5. The number of aliphatic carboxylic acids is 1. The highest BCUT2D eigenvalue weighted by Gasteiger charge is 2.40. The minimum Gasteiger partial charge on any atom is -0.481 e. The predicted octanol–water partition coefficient (Wildman–Crippen LogP) is 7.76. The molecule has 2 fully saturated rings. The van der Waals surface area contributed by atoms with Crippen LogP contribution in [0.5, 0.6) is 11.5 Å². The molecule has 0 spiro atoms. The van der Waals surface area contributed by atoms with Crippen molar-refractivity contribution in [3.05, 3.63) is 106 Å². The van der Waals surface area contributed by atoms with Crippen LogP contribution in [-0.4, -0.2) is 28.3 Å². The molecule has 3 aromatic carbocycles. The van der Waals surface area contributed by atoms with E-state index in [0.29, 0.717) is 39.7 Å². The van der Waals surface area contributed by atoms with Crippen molar-refractivity contribution in [1.29, 1.82) is 0 Å². The lowest BCUT2D eigenvalue weighted by Gasteiger charge is -2.32. The largest absolute Gasteiger partial charge is 0.481 e. The van der Waals surface area contributed by atoms with Crippen LogP contribution in [0.4, 0.5) is 5.82 Å². The van der Waals surface area contributed by atoms with Gasteiger partial charge in [0.05, 0.1) is 11.6 Å².